The number of nitrogens with zero attached hydrogens (tertiary/aromatic N) is 2. The number of nitrogens with one attached hydrogen (secondary N) is 2. The first-order chi connectivity index (χ1) is 19.4. The molecular weight excluding hydrogens is 626 g/mol. The number of carbonyl (C=O) groups excluding carboxylic acids is 2. The van der Waals surface area contributed by atoms with Gasteiger partial charge in [-0.1, -0.05) is 49.4 Å². The number of benzene rings is 3. The van der Waals surface area contributed by atoms with Crippen molar-refractivity contribution in [2.75, 3.05) is 20.3 Å². The van der Waals surface area contributed by atoms with E-state index < -0.39 is 24.0 Å². The lowest BCUT2D eigenvalue weighted by molar-refractivity contribution is -0.129. The molecule has 0 bridgehead atoms. The standard InChI is InChI=1S/C30H28FIN4O4/c1-18(19-6-4-3-5-7-19)27(28-33-17-25(34-28)23-13-10-21(32)16-24(23)31)36-29(37)26(35-30(36)38)20-8-11-22(12-9-20)40-15-14-39-2/h3-13,16-18,26-27H,14-15H2,1-2H3,(H,33,34)(H,35,38)/t18-,26+,27?/m0/s1. The highest BCUT2D eigenvalue weighted by Crippen LogP contribution is 2.39. The number of imide groups is 1. The minimum absolute atomic E-state index is 0.313. The molecule has 1 fully saturated rings. The second-order valence-corrected chi connectivity index (χ2v) is 10.7. The van der Waals surface area contributed by atoms with Crippen molar-refractivity contribution in [1.29, 1.82) is 0 Å². The molecule has 2 N–H and O–H groups in total. The van der Waals surface area contributed by atoms with Crippen LogP contribution in [0.1, 0.15) is 41.9 Å². The number of aromatic amines is 1. The second kappa shape index (κ2) is 12.2. The fraction of sp³-hybridized carbons (Fsp3) is 0.233. The van der Waals surface area contributed by atoms with Crippen LogP contribution in [0.2, 0.25) is 0 Å². The number of aromatic nitrogens is 2. The van der Waals surface area contributed by atoms with Gasteiger partial charge in [-0.05, 0) is 64.0 Å². The first-order valence-corrected chi connectivity index (χ1v) is 13.9. The summed E-state index contributed by atoms with van der Waals surface area (Å²) in [5.41, 5.74) is 2.37. The van der Waals surface area contributed by atoms with Gasteiger partial charge in [0.1, 0.15) is 36.1 Å². The summed E-state index contributed by atoms with van der Waals surface area (Å²) in [6, 6.07) is 19.4. The largest absolute Gasteiger partial charge is 0.491 e. The zero-order valence-electron chi connectivity index (χ0n) is 21.9. The Bertz CT molecular complexity index is 1500. The number of methoxy groups -OCH3 is 1. The Kier molecular flexibility index (Phi) is 8.46. The monoisotopic (exact) mass is 654 g/mol. The molecule has 1 aromatic heterocycles. The van der Waals surface area contributed by atoms with Crippen LogP contribution in [-0.2, 0) is 9.53 Å². The molecule has 2 heterocycles. The van der Waals surface area contributed by atoms with E-state index in [1.807, 2.05) is 37.3 Å². The highest BCUT2D eigenvalue weighted by atomic mass is 127. The van der Waals surface area contributed by atoms with Crippen molar-refractivity contribution in [1.82, 2.24) is 20.2 Å². The summed E-state index contributed by atoms with van der Waals surface area (Å²) >= 11 is 2.05. The first-order valence-electron chi connectivity index (χ1n) is 12.8. The molecule has 8 nitrogen and oxygen atoms in total. The smallest absolute Gasteiger partial charge is 0.325 e. The molecule has 3 aromatic carbocycles. The average molecular weight is 654 g/mol. The van der Waals surface area contributed by atoms with Crippen LogP contribution in [0, 0.1) is 9.39 Å². The summed E-state index contributed by atoms with van der Waals surface area (Å²) in [5.74, 6) is -0.0817. The molecule has 10 heteroatoms. The van der Waals surface area contributed by atoms with E-state index in [0.717, 1.165) is 9.13 Å². The quantitative estimate of drug-likeness (QED) is 0.125. The van der Waals surface area contributed by atoms with Gasteiger partial charge >= 0.3 is 6.03 Å². The predicted molar refractivity (Wildman–Crippen MR) is 156 cm³/mol. The van der Waals surface area contributed by atoms with Crippen LogP contribution in [0.15, 0.2) is 79.0 Å². The van der Waals surface area contributed by atoms with Gasteiger partial charge in [0.2, 0.25) is 0 Å². The van der Waals surface area contributed by atoms with Gasteiger partial charge in [-0.15, -0.1) is 0 Å². The van der Waals surface area contributed by atoms with Crippen LogP contribution in [0.3, 0.4) is 0 Å². The van der Waals surface area contributed by atoms with Crippen molar-refractivity contribution in [2.45, 2.75) is 24.9 Å². The molecule has 3 atom stereocenters. The Balaban J connectivity index is 1.47. The topological polar surface area (TPSA) is 96.6 Å². The Morgan fingerprint density at radius 3 is 2.50 bits per heavy atom. The second-order valence-electron chi connectivity index (χ2n) is 9.45. The van der Waals surface area contributed by atoms with Crippen molar-refractivity contribution in [3.05, 3.63) is 105 Å². The maximum atomic E-state index is 14.8. The molecule has 5 rings (SSSR count). The van der Waals surface area contributed by atoms with E-state index >= 15 is 0 Å². The van der Waals surface area contributed by atoms with Crippen LogP contribution in [0.5, 0.6) is 5.75 Å². The predicted octanol–water partition coefficient (Wildman–Crippen LogP) is 5.98. The Labute approximate surface area is 245 Å². The van der Waals surface area contributed by atoms with E-state index in [0.29, 0.717) is 41.6 Å². The minimum Gasteiger partial charge on any atom is -0.491 e. The van der Waals surface area contributed by atoms with Crippen LogP contribution < -0.4 is 10.1 Å². The Morgan fingerprint density at radius 2 is 1.80 bits per heavy atom. The maximum Gasteiger partial charge on any atom is 0.325 e. The van der Waals surface area contributed by atoms with E-state index in [9.17, 15) is 14.0 Å². The number of carbonyl (C=O) groups is 2. The van der Waals surface area contributed by atoms with Gasteiger partial charge in [-0.2, -0.15) is 0 Å². The molecular formula is C30H28FIN4O4. The molecule has 4 aromatic rings. The Hall–Kier alpha value is -3.77. The number of rotatable bonds is 10. The van der Waals surface area contributed by atoms with Crippen molar-refractivity contribution < 1.29 is 23.5 Å². The number of urea groups is 1. The highest BCUT2D eigenvalue weighted by molar-refractivity contribution is 14.1. The molecule has 206 valence electrons. The van der Waals surface area contributed by atoms with E-state index in [2.05, 4.69) is 37.9 Å². The number of hydrogen-bond donors (Lipinski definition) is 2. The van der Waals surface area contributed by atoms with Gasteiger partial charge in [-0.3, -0.25) is 9.69 Å². The van der Waals surface area contributed by atoms with Crippen LogP contribution >= 0.6 is 22.6 Å². The zero-order valence-corrected chi connectivity index (χ0v) is 24.1. The van der Waals surface area contributed by atoms with Gasteiger partial charge in [-0.25, -0.2) is 14.2 Å². The van der Waals surface area contributed by atoms with Crippen LogP contribution in [-0.4, -0.2) is 47.1 Å². The minimum atomic E-state index is -0.867. The molecule has 0 radical (unpaired) electrons. The molecule has 1 saturated heterocycles. The number of amides is 3. The summed E-state index contributed by atoms with van der Waals surface area (Å²) in [6.07, 6.45) is 1.53. The third kappa shape index (κ3) is 5.73. The summed E-state index contributed by atoms with van der Waals surface area (Å²) in [5, 5.41) is 2.83. The number of ether oxygens (including phenoxy) is 2. The number of hydrogen-bond acceptors (Lipinski definition) is 5. The Morgan fingerprint density at radius 1 is 1.05 bits per heavy atom. The number of halogens is 2. The SMILES string of the molecule is COCCOc1ccc([C@H]2NC(=O)N(C(c3ncc(-c4ccc(I)cc4F)[nH]3)[C@@H](C)c3ccccc3)C2=O)cc1. The molecule has 1 unspecified atom stereocenters. The third-order valence-corrected chi connectivity index (χ3v) is 7.59. The summed E-state index contributed by atoms with van der Waals surface area (Å²) in [6.45, 7) is 2.80. The fourth-order valence-electron chi connectivity index (χ4n) is 4.84. The third-order valence-electron chi connectivity index (χ3n) is 6.91. The maximum absolute atomic E-state index is 14.8. The lowest BCUT2D eigenvalue weighted by Gasteiger charge is -2.29. The number of imidazole rings is 1. The van der Waals surface area contributed by atoms with Gasteiger partial charge < -0.3 is 19.8 Å². The highest BCUT2D eigenvalue weighted by Gasteiger charge is 2.46. The van der Waals surface area contributed by atoms with Gasteiger partial charge in [0.15, 0.2) is 0 Å². The van der Waals surface area contributed by atoms with E-state index in [4.69, 9.17) is 9.47 Å². The van der Waals surface area contributed by atoms with Crippen molar-refractivity contribution in [3.63, 3.8) is 0 Å². The summed E-state index contributed by atoms with van der Waals surface area (Å²) in [7, 11) is 1.60. The summed E-state index contributed by atoms with van der Waals surface area (Å²) < 4.78 is 26.1. The lowest BCUT2D eigenvalue weighted by Crippen LogP contribution is -2.38. The molecule has 0 aliphatic carbocycles. The van der Waals surface area contributed by atoms with Crippen molar-refractivity contribution in [3.8, 4) is 17.0 Å². The normalized spacial score (nSPS) is 16.6. The molecule has 3 amide bonds. The summed E-state index contributed by atoms with van der Waals surface area (Å²) in [4.78, 5) is 36.2. The van der Waals surface area contributed by atoms with Crippen molar-refractivity contribution >= 4 is 34.5 Å². The van der Waals surface area contributed by atoms with Gasteiger partial charge in [0.05, 0.1) is 18.5 Å². The van der Waals surface area contributed by atoms with E-state index in [1.54, 1.807) is 43.5 Å². The molecule has 0 saturated carbocycles. The average Bonchev–Trinajstić information content (AvgIpc) is 3.55. The van der Waals surface area contributed by atoms with Crippen LogP contribution in [0.4, 0.5) is 9.18 Å². The number of H-pyrrole nitrogens is 1. The van der Waals surface area contributed by atoms with Crippen molar-refractivity contribution in [2.24, 2.45) is 0 Å². The van der Waals surface area contributed by atoms with E-state index in [-0.39, 0.29) is 11.7 Å². The van der Waals surface area contributed by atoms with E-state index in [1.165, 1.54) is 17.2 Å². The van der Waals surface area contributed by atoms with Gasteiger partial charge in [0, 0.05) is 22.2 Å². The first kappa shape index (κ1) is 27.8. The van der Waals surface area contributed by atoms with Crippen LogP contribution in [0.25, 0.3) is 11.3 Å². The lowest BCUT2D eigenvalue weighted by atomic mass is 9.91. The molecule has 1 aliphatic heterocycles. The molecule has 40 heavy (non-hydrogen) atoms. The zero-order chi connectivity index (χ0) is 28.2. The molecule has 1 aliphatic rings. The molecule has 0 spiro atoms. The van der Waals surface area contributed by atoms with Gasteiger partial charge in [0.25, 0.3) is 5.91 Å². The fourth-order valence-corrected chi connectivity index (χ4v) is 5.29.